The van der Waals surface area contributed by atoms with Crippen LogP contribution in [0.2, 0.25) is 5.02 Å². The van der Waals surface area contributed by atoms with Gasteiger partial charge < -0.3 is 9.47 Å². The van der Waals surface area contributed by atoms with Crippen molar-refractivity contribution in [3.05, 3.63) is 105 Å². The molecule has 0 aliphatic rings. The van der Waals surface area contributed by atoms with Crippen molar-refractivity contribution in [3.63, 3.8) is 0 Å². The maximum Gasteiger partial charge on any atom is 0.244 e. The number of nitrogens with zero attached hydrogens (tertiary/aromatic N) is 1. The van der Waals surface area contributed by atoms with E-state index in [0.717, 1.165) is 27.5 Å². The predicted molar refractivity (Wildman–Crippen MR) is 140 cm³/mol. The number of fused-ring (bicyclic) bond motifs is 1. The molecule has 0 saturated heterocycles. The lowest BCUT2D eigenvalue weighted by atomic mass is 10.0. The van der Waals surface area contributed by atoms with Crippen LogP contribution < -0.4 is 14.9 Å². The Morgan fingerprint density at radius 3 is 2.62 bits per heavy atom. The molecule has 4 aromatic rings. The van der Waals surface area contributed by atoms with Gasteiger partial charge in [0.1, 0.15) is 6.61 Å². The summed E-state index contributed by atoms with van der Waals surface area (Å²) >= 11 is 9.47. The van der Waals surface area contributed by atoms with Crippen LogP contribution in [-0.2, 0) is 17.8 Å². The molecule has 0 fully saturated rings. The van der Waals surface area contributed by atoms with E-state index in [1.54, 1.807) is 19.4 Å². The summed E-state index contributed by atoms with van der Waals surface area (Å²) in [5.41, 5.74) is 5.28. The number of hydrogen-bond acceptors (Lipinski definition) is 4. The Hall–Kier alpha value is -3.35. The Balaban J connectivity index is 1.40. The summed E-state index contributed by atoms with van der Waals surface area (Å²) < 4.78 is 12.2. The Bertz CT molecular complexity index is 1330. The lowest BCUT2D eigenvalue weighted by Crippen LogP contribution is -2.19. The first-order chi connectivity index (χ1) is 16.5. The number of amides is 1. The van der Waals surface area contributed by atoms with Crippen molar-refractivity contribution in [2.24, 2.45) is 5.10 Å². The van der Waals surface area contributed by atoms with E-state index < -0.39 is 0 Å². The number of nitrogens with one attached hydrogen (secondary N) is 1. The van der Waals surface area contributed by atoms with Gasteiger partial charge in [-0.2, -0.15) is 5.10 Å². The largest absolute Gasteiger partial charge is 0.493 e. The Labute approximate surface area is 211 Å². The maximum absolute atomic E-state index is 12.4. The van der Waals surface area contributed by atoms with Crippen molar-refractivity contribution in [2.45, 2.75) is 13.0 Å². The molecule has 4 rings (SSSR count). The monoisotopic (exact) mass is 536 g/mol. The molecule has 5 nitrogen and oxygen atoms in total. The van der Waals surface area contributed by atoms with Gasteiger partial charge in [0.25, 0.3) is 0 Å². The average Bonchev–Trinajstić information content (AvgIpc) is 2.84. The molecule has 4 aromatic carbocycles. The molecular weight excluding hydrogens is 516 g/mol. The third kappa shape index (κ3) is 5.95. The minimum atomic E-state index is -0.193. The number of ether oxygens (including phenoxy) is 2. The summed E-state index contributed by atoms with van der Waals surface area (Å²) in [6.45, 7) is 0.365. The number of rotatable bonds is 8. The van der Waals surface area contributed by atoms with Crippen LogP contribution in [0.15, 0.2) is 88.4 Å². The average molecular weight is 538 g/mol. The highest BCUT2D eigenvalue weighted by molar-refractivity contribution is 9.10. The zero-order chi connectivity index (χ0) is 23.9. The van der Waals surface area contributed by atoms with Crippen molar-refractivity contribution in [3.8, 4) is 11.5 Å². The first-order valence-corrected chi connectivity index (χ1v) is 11.7. The Kier molecular flexibility index (Phi) is 7.83. The smallest absolute Gasteiger partial charge is 0.244 e. The van der Waals surface area contributed by atoms with Gasteiger partial charge in [-0.05, 0) is 67.7 Å². The van der Waals surface area contributed by atoms with Crippen molar-refractivity contribution >= 4 is 50.4 Å². The number of carbonyl (C=O) groups excluding carboxylic acids is 1. The van der Waals surface area contributed by atoms with Crippen LogP contribution in [-0.4, -0.2) is 19.2 Å². The molecule has 0 heterocycles. The lowest BCUT2D eigenvalue weighted by Gasteiger charge is -2.13. The van der Waals surface area contributed by atoms with E-state index in [1.807, 2.05) is 72.8 Å². The molecule has 0 aliphatic carbocycles. The molecule has 0 radical (unpaired) electrons. The van der Waals surface area contributed by atoms with E-state index >= 15 is 0 Å². The molecule has 1 amide bonds. The van der Waals surface area contributed by atoms with Gasteiger partial charge in [-0.1, -0.05) is 66.2 Å². The summed E-state index contributed by atoms with van der Waals surface area (Å²) in [7, 11) is 1.57. The first-order valence-electron chi connectivity index (χ1n) is 10.6. The van der Waals surface area contributed by atoms with E-state index in [2.05, 4.69) is 26.5 Å². The van der Waals surface area contributed by atoms with Crippen LogP contribution in [0, 0.1) is 0 Å². The van der Waals surface area contributed by atoms with Crippen molar-refractivity contribution in [1.29, 1.82) is 0 Å². The second-order valence-corrected chi connectivity index (χ2v) is 8.85. The lowest BCUT2D eigenvalue weighted by molar-refractivity contribution is -0.120. The molecular formula is C27H22BrClN2O3. The number of benzene rings is 4. The molecule has 172 valence electrons. The summed E-state index contributed by atoms with van der Waals surface area (Å²) in [5.74, 6) is 0.933. The summed E-state index contributed by atoms with van der Waals surface area (Å²) in [5, 5.41) is 6.95. The van der Waals surface area contributed by atoms with Gasteiger partial charge in [-0.3, -0.25) is 4.79 Å². The first kappa shape index (κ1) is 23.8. The number of methoxy groups -OCH3 is 1. The van der Waals surface area contributed by atoms with Gasteiger partial charge in [0, 0.05) is 5.02 Å². The van der Waals surface area contributed by atoms with Crippen LogP contribution in [0.4, 0.5) is 0 Å². The quantitative estimate of drug-likeness (QED) is 0.205. The third-order valence-corrected chi connectivity index (χ3v) is 6.02. The van der Waals surface area contributed by atoms with Crippen LogP contribution >= 0.6 is 27.5 Å². The van der Waals surface area contributed by atoms with E-state index in [1.165, 1.54) is 0 Å². The molecule has 0 saturated carbocycles. The molecule has 0 bridgehead atoms. The van der Waals surface area contributed by atoms with Gasteiger partial charge in [-0.15, -0.1) is 0 Å². The molecule has 0 aromatic heterocycles. The summed E-state index contributed by atoms with van der Waals surface area (Å²) in [6, 6.07) is 25.0. The molecule has 0 spiro atoms. The van der Waals surface area contributed by atoms with E-state index in [-0.39, 0.29) is 12.3 Å². The van der Waals surface area contributed by atoms with Crippen LogP contribution in [0.5, 0.6) is 11.5 Å². The zero-order valence-corrected chi connectivity index (χ0v) is 20.8. The van der Waals surface area contributed by atoms with E-state index in [4.69, 9.17) is 21.1 Å². The zero-order valence-electron chi connectivity index (χ0n) is 18.4. The fourth-order valence-electron chi connectivity index (χ4n) is 3.53. The maximum atomic E-state index is 12.4. The predicted octanol–water partition coefficient (Wildman–Crippen LogP) is 6.54. The number of hydrogen-bond donors (Lipinski definition) is 1. The minimum absolute atomic E-state index is 0.193. The highest BCUT2D eigenvalue weighted by atomic mass is 79.9. The second-order valence-electron chi connectivity index (χ2n) is 7.56. The molecule has 34 heavy (non-hydrogen) atoms. The van der Waals surface area contributed by atoms with Crippen LogP contribution in [0.1, 0.15) is 16.7 Å². The molecule has 1 N–H and O–H groups in total. The molecule has 0 unspecified atom stereocenters. The van der Waals surface area contributed by atoms with Gasteiger partial charge in [0.05, 0.1) is 24.2 Å². The Morgan fingerprint density at radius 1 is 1.06 bits per heavy atom. The second kappa shape index (κ2) is 11.2. The minimum Gasteiger partial charge on any atom is -0.493 e. The van der Waals surface area contributed by atoms with Gasteiger partial charge in [0.15, 0.2) is 11.5 Å². The van der Waals surface area contributed by atoms with Gasteiger partial charge in [0.2, 0.25) is 5.91 Å². The topological polar surface area (TPSA) is 59.9 Å². The SMILES string of the molecule is COc1cc(/C=N\NC(=O)Cc2cccc3ccccc23)cc(Br)c1OCc1ccc(Cl)cc1. The van der Waals surface area contributed by atoms with Crippen molar-refractivity contribution in [1.82, 2.24) is 5.43 Å². The van der Waals surface area contributed by atoms with E-state index in [9.17, 15) is 4.79 Å². The van der Waals surface area contributed by atoms with Crippen molar-refractivity contribution < 1.29 is 14.3 Å². The standard InChI is InChI=1S/C27H22BrClN2O3/c1-33-25-14-19(13-24(28)27(25)34-17-18-9-11-22(29)12-10-18)16-30-31-26(32)15-21-7-4-6-20-5-2-3-8-23(20)21/h2-14,16H,15,17H2,1H3,(H,31,32)/b30-16-. The van der Waals surface area contributed by atoms with Crippen LogP contribution in [0.3, 0.4) is 0 Å². The number of halogens is 2. The molecule has 0 aliphatic heterocycles. The molecule has 7 heteroatoms. The Morgan fingerprint density at radius 2 is 1.82 bits per heavy atom. The van der Waals surface area contributed by atoms with Crippen LogP contribution in [0.25, 0.3) is 10.8 Å². The highest BCUT2D eigenvalue weighted by Gasteiger charge is 2.12. The third-order valence-electron chi connectivity index (χ3n) is 5.18. The normalized spacial score (nSPS) is 11.0. The van der Waals surface area contributed by atoms with E-state index in [0.29, 0.717) is 27.6 Å². The fraction of sp³-hybridized carbons (Fsp3) is 0.111. The summed E-state index contributed by atoms with van der Waals surface area (Å²) in [4.78, 5) is 12.4. The summed E-state index contributed by atoms with van der Waals surface area (Å²) in [6.07, 6.45) is 1.81. The number of carbonyl (C=O) groups is 1. The number of hydrazone groups is 1. The van der Waals surface area contributed by atoms with Gasteiger partial charge >= 0.3 is 0 Å². The highest BCUT2D eigenvalue weighted by Crippen LogP contribution is 2.37. The van der Waals surface area contributed by atoms with Gasteiger partial charge in [-0.25, -0.2) is 5.43 Å². The van der Waals surface area contributed by atoms with Crippen molar-refractivity contribution in [2.75, 3.05) is 7.11 Å². The molecule has 0 atom stereocenters. The fourth-order valence-corrected chi connectivity index (χ4v) is 4.23.